The van der Waals surface area contributed by atoms with Gasteiger partial charge in [-0.05, 0) is 50.5 Å². The summed E-state index contributed by atoms with van der Waals surface area (Å²) in [6, 6.07) is 1.98. The number of carbonyl (C=O) groups is 3. The van der Waals surface area contributed by atoms with Crippen LogP contribution in [0.5, 0.6) is 5.75 Å². The van der Waals surface area contributed by atoms with Gasteiger partial charge in [0.1, 0.15) is 23.4 Å². The summed E-state index contributed by atoms with van der Waals surface area (Å²) in [4.78, 5) is 41.4. The summed E-state index contributed by atoms with van der Waals surface area (Å²) in [7, 11) is 0. The highest BCUT2D eigenvalue weighted by Gasteiger charge is 2.59. The summed E-state index contributed by atoms with van der Waals surface area (Å²) >= 11 is 0. The fraction of sp³-hybridized carbons (Fsp3) is 0.500. The van der Waals surface area contributed by atoms with Crippen LogP contribution in [0.15, 0.2) is 30.9 Å². The average Bonchev–Trinajstić information content (AvgIpc) is 3.29. The molecule has 8 heteroatoms. The maximum atomic E-state index is 13.8. The van der Waals surface area contributed by atoms with E-state index in [1.165, 1.54) is 4.90 Å². The quantitative estimate of drug-likeness (QED) is 0.591. The molecule has 1 aromatic rings. The SMILES string of the molecule is C=CC(C)(C)[C@]1(C[C@H]2NC(=O)[C@@H]3[C@H](O)CCN3C2=O)C(=O)Nc2c1ccc1c2C=CC(C)(C)O1. The summed E-state index contributed by atoms with van der Waals surface area (Å²) in [5.74, 6) is -0.229. The molecule has 180 valence electrons. The Balaban J connectivity index is 1.61. The third-order valence-electron chi connectivity index (χ3n) is 7.97. The molecule has 4 aliphatic rings. The molecule has 0 bridgehead atoms. The van der Waals surface area contributed by atoms with Gasteiger partial charge in [0.25, 0.3) is 0 Å². The molecular weight excluding hydrogens is 434 g/mol. The number of fused-ring (bicyclic) bond motifs is 4. The predicted molar refractivity (Wildman–Crippen MR) is 127 cm³/mol. The summed E-state index contributed by atoms with van der Waals surface area (Å²) in [5.41, 5.74) is -0.168. The van der Waals surface area contributed by atoms with E-state index < -0.39 is 34.6 Å². The van der Waals surface area contributed by atoms with Crippen molar-refractivity contribution >= 4 is 29.5 Å². The Morgan fingerprint density at radius 2 is 2.03 bits per heavy atom. The lowest BCUT2D eigenvalue weighted by molar-refractivity contribution is -0.150. The number of aliphatic hydroxyl groups is 1. The second-order valence-corrected chi connectivity index (χ2v) is 10.8. The number of allylic oxidation sites excluding steroid dienone is 1. The van der Waals surface area contributed by atoms with Crippen LogP contribution in [0.2, 0.25) is 0 Å². The van der Waals surface area contributed by atoms with Gasteiger partial charge in [0, 0.05) is 17.5 Å². The predicted octanol–water partition coefficient (Wildman–Crippen LogP) is 2.12. The largest absolute Gasteiger partial charge is 0.483 e. The van der Waals surface area contributed by atoms with Crippen molar-refractivity contribution in [1.82, 2.24) is 10.2 Å². The van der Waals surface area contributed by atoms with E-state index in [1.54, 1.807) is 6.08 Å². The number of anilines is 1. The number of carbonyl (C=O) groups excluding carboxylic acids is 3. The second-order valence-electron chi connectivity index (χ2n) is 10.8. The van der Waals surface area contributed by atoms with Crippen LogP contribution in [0.25, 0.3) is 6.08 Å². The third-order valence-corrected chi connectivity index (χ3v) is 7.97. The van der Waals surface area contributed by atoms with Gasteiger partial charge in [-0.15, -0.1) is 6.58 Å². The number of nitrogens with zero attached hydrogens (tertiary/aromatic N) is 1. The molecule has 0 radical (unpaired) electrons. The molecular formula is C26H31N3O5. The number of amides is 3. The highest BCUT2D eigenvalue weighted by molar-refractivity contribution is 6.10. The second kappa shape index (κ2) is 7.18. The molecule has 5 rings (SSSR count). The van der Waals surface area contributed by atoms with E-state index in [0.29, 0.717) is 24.4 Å². The van der Waals surface area contributed by atoms with E-state index in [9.17, 15) is 19.5 Å². The van der Waals surface area contributed by atoms with Crippen molar-refractivity contribution in [2.75, 3.05) is 11.9 Å². The van der Waals surface area contributed by atoms with Crippen LogP contribution >= 0.6 is 0 Å². The number of nitrogens with one attached hydrogen (secondary N) is 2. The topological polar surface area (TPSA) is 108 Å². The molecule has 0 unspecified atom stereocenters. The van der Waals surface area contributed by atoms with Crippen molar-refractivity contribution < 1.29 is 24.2 Å². The van der Waals surface area contributed by atoms with Crippen LogP contribution in [0.4, 0.5) is 5.69 Å². The van der Waals surface area contributed by atoms with Gasteiger partial charge >= 0.3 is 0 Å². The van der Waals surface area contributed by atoms with Gasteiger partial charge in [-0.3, -0.25) is 14.4 Å². The van der Waals surface area contributed by atoms with Gasteiger partial charge in [0.2, 0.25) is 17.7 Å². The Morgan fingerprint density at radius 1 is 1.29 bits per heavy atom. The summed E-state index contributed by atoms with van der Waals surface area (Å²) < 4.78 is 6.10. The zero-order valence-corrected chi connectivity index (χ0v) is 20.0. The average molecular weight is 466 g/mol. The summed E-state index contributed by atoms with van der Waals surface area (Å²) in [5, 5.41) is 16.0. The third kappa shape index (κ3) is 2.97. The molecule has 3 amide bonds. The minimum Gasteiger partial charge on any atom is -0.483 e. The molecule has 2 fully saturated rings. The lowest BCUT2D eigenvalue weighted by atomic mass is 9.59. The summed E-state index contributed by atoms with van der Waals surface area (Å²) in [6.45, 7) is 12.1. The number of benzene rings is 1. The molecule has 4 atom stereocenters. The normalized spacial score (nSPS) is 31.3. The lowest BCUT2D eigenvalue weighted by Crippen LogP contribution is -2.65. The fourth-order valence-corrected chi connectivity index (χ4v) is 5.87. The monoisotopic (exact) mass is 465 g/mol. The van der Waals surface area contributed by atoms with Crippen LogP contribution < -0.4 is 15.4 Å². The molecule has 0 saturated carbocycles. The zero-order valence-electron chi connectivity index (χ0n) is 20.0. The molecule has 4 heterocycles. The molecule has 0 spiro atoms. The highest BCUT2D eigenvalue weighted by atomic mass is 16.5. The van der Waals surface area contributed by atoms with Crippen molar-refractivity contribution in [1.29, 1.82) is 0 Å². The number of hydrogen-bond acceptors (Lipinski definition) is 5. The fourth-order valence-electron chi connectivity index (χ4n) is 5.87. The first-order valence-corrected chi connectivity index (χ1v) is 11.7. The van der Waals surface area contributed by atoms with Crippen molar-refractivity contribution in [2.24, 2.45) is 5.41 Å². The van der Waals surface area contributed by atoms with Crippen LogP contribution in [-0.4, -0.2) is 58.1 Å². The van der Waals surface area contributed by atoms with Crippen LogP contribution in [0.1, 0.15) is 51.7 Å². The lowest BCUT2D eigenvalue weighted by Gasteiger charge is -2.45. The Bertz CT molecular complexity index is 1150. The molecule has 0 aliphatic carbocycles. The first-order valence-electron chi connectivity index (χ1n) is 11.7. The highest BCUT2D eigenvalue weighted by Crippen LogP contribution is 2.55. The Morgan fingerprint density at radius 3 is 2.74 bits per heavy atom. The van der Waals surface area contributed by atoms with Crippen molar-refractivity contribution in [3.8, 4) is 5.75 Å². The molecule has 3 N–H and O–H groups in total. The van der Waals surface area contributed by atoms with Gasteiger partial charge in [-0.25, -0.2) is 0 Å². The zero-order chi connectivity index (χ0) is 24.6. The van der Waals surface area contributed by atoms with Crippen molar-refractivity contribution in [3.05, 3.63) is 42.0 Å². The number of rotatable bonds is 4. The van der Waals surface area contributed by atoms with E-state index in [1.807, 2.05) is 52.0 Å². The minimum absolute atomic E-state index is 0.0730. The molecule has 4 aliphatic heterocycles. The number of ether oxygens (including phenoxy) is 1. The number of aliphatic hydroxyl groups excluding tert-OH is 1. The van der Waals surface area contributed by atoms with Crippen LogP contribution in [0, 0.1) is 5.41 Å². The van der Waals surface area contributed by atoms with Gasteiger partial charge in [0.15, 0.2) is 0 Å². The first kappa shape index (κ1) is 22.7. The maximum absolute atomic E-state index is 13.8. The first-order chi connectivity index (χ1) is 15.9. The smallest absolute Gasteiger partial charge is 0.246 e. The molecule has 34 heavy (non-hydrogen) atoms. The molecule has 1 aromatic carbocycles. The van der Waals surface area contributed by atoms with Gasteiger partial charge in [-0.2, -0.15) is 0 Å². The minimum atomic E-state index is -1.15. The van der Waals surface area contributed by atoms with Gasteiger partial charge < -0.3 is 25.4 Å². The van der Waals surface area contributed by atoms with E-state index in [0.717, 1.165) is 11.1 Å². The molecule has 0 aromatic heterocycles. The van der Waals surface area contributed by atoms with E-state index in [-0.39, 0.29) is 24.1 Å². The molecule has 8 nitrogen and oxygen atoms in total. The maximum Gasteiger partial charge on any atom is 0.246 e. The Hall–Kier alpha value is -3.13. The van der Waals surface area contributed by atoms with E-state index in [4.69, 9.17) is 4.74 Å². The summed E-state index contributed by atoms with van der Waals surface area (Å²) in [6.07, 6.45) is 5.19. The Labute approximate surface area is 199 Å². The van der Waals surface area contributed by atoms with E-state index in [2.05, 4.69) is 17.2 Å². The van der Waals surface area contributed by atoms with Crippen molar-refractivity contribution in [3.63, 3.8) is 0 Å². The van der Waals surface area contributed by atoms with Gasteiger partial charge in [0.05, 0.1) is 17.2 Å². The van der Waals surface area contributed by atoms with Crippen LogP contribution in [0.3, 0.4) is 0 Å². The van der Waals surface area contributed by atoms with Gasteiger partial charge in [-0.1, -0.05) is 26.0 Å². The van der Waals surface area contributed by atoms with E-state index >= 15 is 0 Å². The van der Waals surface area contributed by atoms with Crippen molar-refractivity contribution in [2.45, 2.75) is 69.7 Å². The number of hydrogen-bond donors (Lipinski definition) is 3. The number of piperazine rings is 1. The standard InChI is InChI=1S/C26H31N3O5/c1-6-24(2,3)26(13-16-22(32)29-12-10-17(30)20(29)21(31)27-16)15-7-8-18-14(19(15)28-23(26)33)9-11-25(4,5)34-18/h6-9,11,16-17,20,30H,1,10,12-13H2,2-5H3,(H,27,31)(H,28,33)/t16-,17-,20+,26+/m1/s1. The molecule has 2 saturated heterocycles. The van der Waals surface area contributed by atoms with Crippen LogP contribution in [-0.2, 0) is 19.8 Å². The Kier molecular flexibility index (Phi) is 4.79.